The first kappa shape index (κ1) is 15.0. The summed E-state index contributed by atoms with van der Waals surface area (Å²) in [7, 11) is 0. The van der Waals surface area contributed by atoms with Gasteiger partial charge in [-0.25, -0.2) is 0 Å². The molecule has 110 valence electrons. The monoisotopic (exact) mass is 420 g/mol. The molecule has 0 fully saturated rings. The van der Waals surface area contributed by atoms with Crippen LogP contribution in [0.25, 0.3) is 22.5 Å². The minimum atomic E-state index is -0.672. The molecule has 1 aromatic heterocycles. The van der Waals surface area contributed by atoms with Gasteiger partial charge < -0.3 is 9.97 Å². The smallest absolute Gasteiger partial charge is 0.314 e. The van der Waals surface area contributed by atoms with Crippen LogP contribution in [-0.2, 0) is 0 Å². The molecule has 0 saturated carbocycles. The SMILES string of the molecule is O=c1[nH]c(-c2cccc(Br)c2)c(-c2cccc(Br)c2)[nH]c1=O. The predicted molar refractivity (Wildman–Crippen MR) is 94.0 cm³/mol. The van der Waals surface area contributed by atoms with Gasteiger partial charge in [0.2, 0.25) is 0 Å². The van der Waals surface area contributed by atoms with Crippen molar-refractivity contribution in [3.8, 4) is 22.5 Å². The first-order valence-corrected chi connectivity index (χ1v) is 8.01. The number of nitrogens with one attached hydrogen (secondary N) is 2. The molecule has 0 amide bonds. The van der Waals surface area contributed by atoms with E-state index in [1.165, 1.54) is 0 Å². The van der Waals surface area contributed by atoms with Gasteiger partial charge in [0.05, 0.1) is 11.4 Å². The molecule has 0 aliphatic heterocycles. The molecule has 0 aliphatic rings. The van der Waals surface area contributed by atoms with Gasteiger partial charge in [-0.3, -0.25) is 9.59 Å². The summed E-state index contributed by atoms with van der Waals surface area (Å²) in [5.74, 6) is 0. The van der Waals surface area contributed by atoms with Crippen molar-refractivity contribution in [3.63, 3.8) is 0 Å². The average molecular weight is 422 g/mol. The maximum atomic E-state index is 11.7. The fourth-order valence-electron chi connectivity index (χ4n) is 2.19. The Morgan fingerprint density at radius 3 is 1.45 bits per heavy atom. The predicted octanol–water partition coefficient (Wildman–Crippen LogP) is 3.92. The molecular weight excluding hydrogens is 412 g/mol. The molecule has 0 unspecified atom stereocenters. The van der Waals surface area contributed by atoms with Gasteiger partial charge in [-0.05, 0) is 24.3 Å². The van der Waals surface area contributed by atoms with Crippen LogP contribution in [0.1, 0.15) is 0 Å². The summed E-state index contributed by atoms with van der Waals surface area (Å²) < 4.78 is 1.77. The van der Waals surface area contributed by atoms with E-state index < -0.39 is 11.1 Å². The summed E-state index contributed by atoms with van der Waals surface area (Å²) in [5.41, 5.74) is 1.41. The highest BCUT2D eigenvalue weighted by Crippen LogP contribution is 2.29. The summed E-state index contributed by atoms with van der Waals surface area (Å²) in [6, 6.07) is 15.0. The van der Waals surface area contributed by atoms with Gasteiger partial charge in [-0.15, -0.1) is 0 Å². The van der Waals surface area contributed by atoms with Crippen molar-refractivity contribution in [1.82, 2.24) is 9.97 Å². The van der Waals surface area contributed by atoms with Crippen molar-refractivity contribution >= 4 is 31.9 Å². The largest absolute Gasteiger partial charge is 0.315 e. The summed E-state index contributed by atoms with van der Waals surface area (Å²) >= 11 is 6.83. The third-order valence-corrected chi connectivity index (χ3v) is 4.15. The number of hydrogen-bond acceptors (Lipinski definition) is 2. The van der Waals surface area contributed by atoms with Gasteiger partial charge in [0.15, 0.2) is 0 Å². The van der Waals surface area contributed by atoms with Crippen LogP contribution < -0.4 is 11.1 Å². The van der Waals surface area contributed by atoms with Crippen LogP contribution in [0.5, 0.6) is 0 Å². The Kier molecular flexibility index (Phi) is 4.13. The molecule has 2 aromatic carbocycles. The van der Waals surface area contributed by atoms with Crippen LogP contribution in [0.2, 0.25) is 0 Å². The minimum Gasteiger partial charge on any atom is -0.315 e. The third kappa shape index (κ3) is 2.98. The van der Waals surface area contributed by atoms with Crippen LogP contribution in [0.3, 0.4) is 0 Å². The molecule has 22 heavy (non-hydrogen) atoms. The van der Waals surface area contributed by atoms with Gasteiger partial charge in [0.1, 0.15) is 0 Å². The molecule has 0 saturated heterocycles. The quantitative estimate of drug-likeness (QED) is 0.616. The highest BCUT2D eigenvalue weighted by molar-refractivity contribution is 9.10. The topological polar surface area (TPSA) is 65.7 Å². The molecule has 3 aromatic rings. The summed E-state index contributed by atoms with van der Waals surface area (Å²) in [5, 5.41) is 0. The second-order valence-electron chi connectivity index (χ2n) is 4.68. The molecule has 0 aliphatic carbocycles. The average Bonchev–Trinajstić information content (AvgIpc) is 2.49. The number of aromatic nitrogens is 2. The van der Waals surface area contributed by atoms with E-state index in [1.807, 2.05) is 48.5 Å². The molecular formula is C16H10Br2N2O2. The summed E-state index contributed by atoms with van der Waals surface area (Å²) in [4.78, 5) is 28.8. The Balaban J connectivity index is 2.32. The van der Waals surface area contributed by atoms with E-state index in [-0.39, 0.29) is 0 Å². The van der Waals surface area contributed by atoms with Crippen LogP contribution in [0, 0.1) is 0 Å². The number of H-pyrrole nitrogens is 2. The zero-order chi connectivity index (χ0) is 15.7. The molecule has 2 N–H and O–H groups in total. The fraction of sp³-hybridized carbons (Fsp3) is 0. The normalized spacial score (nSPS) is 10.6. The zero-order valence-corrected chi connectivity index (χ0v) is 14.4. The molecule has 0 bridgehead atoms. The molecule has 4 nitrogen and oxygen atoms in total. The van der Waals surface area contributed by atoms with Gasteiger partial charge in [0, 0.05) is 20.1 Å². The minimum absolute atomic E-state index is 0.573. The van der Waals surface area contributed by atoms with Crippen molar-refractivity contribution in [3.05, 3.63) is 78.2 Å². The van der Waals surface area contributed by atoms with Crippen LogP contribution in [-0.4, -0.2) is 9.97 Å². The van der Waals surface area contributed by atoms with Crippen LogP contribution in [0.4, 0.5) is 0 Å². The van der Waals surface area contributed by atoms with Gasteiger partial charge >= 0.3 is 11.1 Å². The van der Waals surface area contributed by atoms with Gasteiger partial charge in [-0.1, -0.05) is 56.1 Å². The van der Waals surface area contributed by atoms with Gasteiger partial charge in [0.25, 0.3) is 0 Å². The first-order chi connectivity index (χ1) is 10.5. The Morgan fingerprint density at radius 2 is 1.09 bits per heavy atom. The molecule has 1 heterocycles. The second-order valence-corrected chi connectivity index (χ2v) is 6.51. The highest BCUT2D eigenvalue weighted by Gasteiger charge is 2.12. The number of hydrogen-bond donors (Lipinski definition) is 2. The molecule has 6 heteroatoms. The standard InChI is InChI=1S/C16H10Br2N2O2/c17-11-5-1-3-9(7-11)13-14(20-16(22)15(21)19-13)10-4-2-6-12(18)8-10/h1-8H,(H,19,21)(H,20,22). The molecule has 0 radical (unpaired) electrons. The maximum Gasteiger partial charge on any atom is 0.314 e. The van der Waals surface area contributed by atoms with E-state index in [4.69, 9.17) is 0 Å². The Bertz CT molecular complexity index is 882. The Hall–Kier alpha value is -1.92. The van der Waals surface area contributed by atoms with Crippen molar-refractivity contribution in [1.29, 1.82) is 0 Å². The van der Waals surface area contributed by atoms with Gasteiger partial charge in [-0.2, -0.15) is 0 Å². The van der Waals surface area contributed by atoms with E-state index >= 15 is 0 Å². The lowest BCUT2D eigenvalue weighted by Crippen LogP contribution is -2.30. The van der Waals surface area contributed by atoms with E-state index in [0.717, 1.165) is 20.1 Å². The number of halogens is 2. The van der Waals surface area contributed by atoms with Crippen molar-refractivity contribution in [2.24, 2.45) is 0 Å². The van der Waals surface area contributed by atoms with E-state index in [1.54, 1.807) is 0 Å². The van der Waals surface area contributed by atoms with Crippen molar-refractivity contribution < 1.29 is 0 Å². The third-order valence-electron chi connectivity index (χ3n) is 3.16. The number of rotatable bonds is 2. The van der Waals surface area contributed by atoms with E-state index in [9.17, 15) is 9.59 Å². The number of benzene rings is 2. The molecule has 0 spiro atoms. The van der Waals surface area contributed by atoms with Crippen LogP contribution >= 0.6 is 31.9 Å². The molecule has 0 atom stereocenters. The maximum absolute atomic E-state index is 11.7. The summed E-state index contributed by atoms with van der Waals surface area (Å²) in [6.45, 7) is 0. The van der Waals surface area contributed by atoms with E-state index in [0.29, 0.717) is 11.4 Å². The lowest BCUT2D eigenvalue weighted by molar-refractivity contribution is 1.09. The second kappa shape index (κ2) is 6.06. The Labute approximate surface area is 142 Å². The fourth-order valence-corrected chi connectivity index (χ4v) is 2.99. The van der Waals surface area contributed by atoms with Crippen LogP contribution in [0.15, 0.2) is 67.1 Å². The first-order valence-electron chi connectivity index (χ1n) is 6.43. The highest BCUT2D eigenvalue weighted by atomic mass is 79.9. The Morgan fingerprint density at radius 1 is 0.682 bits per heavy atom. The zero-order valence-electron chi connectivity index (χ0n) is 11.2. The summed E-state index contributed by atoms with van der Waals surface area (Å²) in [6.07, 6.45) is 0. The van der Waals surface area contributed by atoms with Crippen molar-refractivity contribution in [2.75, 3.05) is 0 Å². The lowest BCUT2D eigenvalue weighted by atomic mass is 10.0. The molecule has 3 rings (SSSR count). The lowest BCUT2D eigenvalue weighted by Gasteiger charge is -2.10. The van der Waals surface area contributed by atoms with E-state index in [2.05, 4.69) is 41.8 Å². The van der Waals surface area contributed by atoms with Crippen molar-refractivity contribution in [2.45, 2.75) is 0 Å². The number of aromatic amines is 2.